The number of halogens is 1. The van der Waals surface area contributed by atoms with Crippen LogP contribution in [0.4, 0.5) is 0 Å². The predicted octanol–water partition coefficient (Wildman–Crippen LogP) is 2.86. The molecule has 0 atom stereocenters. The van der Waals surface area contributed by atoms with Gasteiger partial charge in [-0.15, -0.1) is 0 Å². The fourth-order valence-electron chi connectivity index (χ4n) is 1.01. The molecule has 0 bridgehead atoms. The second kappa shape index (κ2) is 4.51. The van der Waals surface area contributed by atoms with Gasteiger partial charge in [-0.3, -0.25) is 9.59 Å². The third kappa shape index (κ3) is 2.51. The van der Waals surface area contributed by atoms with E-state index in [2.05, 4.69) is 15.9 Å². The summed E-state index contributed by atoms with van der Waals surface area (Å²) >= 11 is 3.26. The van der Waals surface area contributed by atoms with Crippen molar-refractivity contribution in [3.8, 4) is 0 Å². The molecule has 0 aliphatic carbocycles. The van der Waals surface area contributed by atoms with Crippen LogP contribution in [0.1, 0.15) is 24.2 Å². The Bertz CT molecular complexity index is 352. The summed E-state index contributed by atoms with van der Waals surface area (Å²) in [5, 5.41) is 0. The van der Waals surface area contributed by atoms with Crippen molar-refractivity contribution in [3.63, 3.8) is 0 Å². The van der Waals surface area contributed by atoms with E-state index in [1.807, 2.05) is 0 Å². The molecule has 0 fully saturated rings. The largest absolute Gasteiger partial charge is 0.290 e. The van der Waals surface area contributed by atoms with Crippen LogP contribution < -0.4 is 0 Å². The molecule has 0 aromatic heterocycles. The number of rotatable bonds is 3. The third-order valence-corrected chi connectivity index (χ3v) is 2.38. The van der Waals surface area contributed by atoms with E-state index in [1.165, 1.54) is 0 Å². The zero-order valence-corrected chi connectivity index (χ0v) is 9.67. The van der Waals surface area contributed by atoms with Crippen molar-refractivity contribution in [2.75, 3.05) is 0 Å². The van der Waals surface area contributed by atoms with Crippen molar-refractivity contribution >= 4 is 27.5 Å². The molecule has 0 N–H and O–H groups in total. The van der Waals surface area contributed by atoms with Crippen LogP contribution >= 0.6 is 15.9 Å². The van der Waals surface area contributed by atoms with Crippen LogP contribution in [0.15, 0.2) is 28.7 Å². The van der Waals surface area contributed by atoms with Crippen molar-refractivity contribution in [1.29, 1.82) is 0 Å². The molecule has 0 unspecified atom stereocenters. The third-order valence-electron chi connectivity index (χ3n) is 1.85. The van der Waals surface area contributed by atoms with Gasteiger partial charge in [-0.05, 0) is 24.3 Å². The fourth-order valence-corrected chi connectivity index (χ4v) is 1.27. The van der Waals surface area contributed by atoms with Gasteiger partial charge in [-0.2, -0.15) is 0 Å². The van der Waals surface area contributed by atoms with E-state index in [0.717, 1.165) is 4.47 Å². The monoisotopic (exact) mass is 254 g/mol. The summed E-state index contributed by atoms with van der Waals surface area (Å²) in [5.74, 6) is -0.994. The second-order valence-corrected chi connectivity index (χ2v) is 4.27. The Morgan fingerprint density at radius 3 is 2.07 bits per heavy atom. The zero-order chi connectivity index (χ0) is 10.7. The molecule has 0 spiro atoms. The van der Waals surface area contributed by atoms with Crippen molar-refractivity contribution in [2.45, 2.75) is 13.8 Å². The first-order valence-electron chi connectivity index (χ1n) is 4.36. The van der Waals surface area contributed by atoms with E-state index in [-0.39, 0.29) is 11.7 Å². The van der Waals surface area contributed by atoms with Gasteiger partial charge in [0.25, 0.3) is 0 Å². The molecule has 0 radical (unpaired) electrons. The molecular weight excluding hydrogens is 244 g/mol. The summed E-state index contributed by atoms with van der Waals surface area (Å²) < 4.78 is 0.894. The Hall–Kier alpha value is -0.960. The highest BCUT2D eigenvalue weighted by Crippen LogP contribution is 2.12. The van der Waals surface area contributed by atoms with Crippen molar-refractivity contribution in [2.24, 2.45) is 5.92 Å². The quantitative estimate of drug-likeness (QED) is 0.614. The van der Waals surface area contributed by atoms with E-state index >= 15 is 0 Å². The Morgan fingerprint density at radius 1 is 1.14 bits per heavy atom. The number of hydrogen-bond acceptors (Lipinski definition) is 2. The molecule has 14 heavy (non-hydrogen) atoms. The molecule has 0 aliphatic heterocycles. The standard InChI is InChI=1S/C11H11BrO2/c1-7(2)10(13)11(14)8-3-5-9(12)6-4-8/h3-7H,1-2H3. The Labute approximate surface area is 91.4 Å². The summed E-state index contributed by atoms with van der Waals surface area (Å²) in [5.41, 5.74) is 0.451. The van der Waals surface area contributed by atoms with Crippen molar-refractivity contribution in [1.82, 2.24) is 0 Å². The van der Waals surface area contributed by atoms with Crippen LogP contribution in [0, 0.1) is 5.92 Å². The van der Waals surface area contributed by atoms with Gasteiger partial charge in [0.15, 0.2) is 0 Å². The minimum absolute atomic E-state index is 0.244. The summed E-state index contributed by atoms with van der Waals surface area (Å²) in [6.07, 6.45) is 0. The summed E-state index contributed by atoms with van der Waals surface area (Å²) in [6.45, 7) is 3.44. The summed E-state index contributed by atoms with van der Waals surface area (Å²) in [7, 11) is 0. The van der Waals surface area contributed by atoms with Gasteiger partial charge in [0, 0.05) is 16.0 Å². The van der Waals surface area contributed by atoms with Crippen LogP contribution in [0.3, 0.4) is 0 Å². The first-order valence-corrected chi connectivity index (χ1v) is 5.15. The molecule has 1 rings (SSSR count). The SMILES string of the molecule is CC(C)C(=O)C(=O)c1ccc(Br)cc1. The average Bonchev–Trinajstić information content (AvgIpc) is 2.16. The van der Waals surface area contributed by atoms with E-state index < -0.39 is 5.78 Å². The van der Waals surface area contributed by atoms with Crippen molar-refractivity contribution in [3.05, 3.63) is 34.3 Å². The van der Waals surface area contributed by atoms with Gasteiger partial charge in [0.05, 0.1) is 0 Å². The molecule has 2 nitrogen and oxygen atoms in total. The Morgan fingerprint density at radius 2 is 1.64 bits per heavy atom. The molecule has 1 aromatic rings. The van der Waals surface area contributed by atoms with Crippen molar-refractivity contribution < 1.29 is 9.59 Å². The number of carbonyl (C=O) groups excluding carboxylic acids is 2. The maximum absolute atomic E-state index is 11.5. The molecule has 0 saturated carbocycles. The van der Waals surface area contributed by atoms with E-state index in [9.17, 15) is 9.59 Å². The molecule has 1 aromatic carbocycles. The smallest absolute Gasteiger partial charge is 0.228 e. The predicted molar refractivity (Wildman–Crippen MR) is 58.3 cm³/mol. The second-order valence-electron chi connectivity index (χ2n) is 3.35. The number of ketones is 2. The lowest BCUT2D eigenvalue weighted by molar-refractivity contribution is -0.117. The maximum Gasteiger partial charge on any atom is 0.228 e. The van der Waals surface area contributed by atoms with Gasteiger partial charge in [-0.1, -0.05) is 29.8 Å². The van der Waals surface area contributed by atoms with Crippen LogP contribution in [-0.2, 0) is 4.79 Å². The highest BCUT2D eigenvalue weighted by molar-refractivity contribution is 9.10. The van der Waals surface area contributed by atoms with Crippen LogP contribution in [-0.4, -0.2) is 11.6 Å². The van der Waals surface area contributed by atoms with Crippen LogP contribution in [0.25, 0.3) is 0 Å². The van der Waals surface area contributed by atoms with Gasteiger partial charge < -0.3 is 0 Å². The summed E-state index contributed by atoms with van der Waals surface area (Å²) in [4.78, 5) is 22.9. The van der Waals surface area contributed by atoms with E-state index in [1.54, 1.807) is 38.1 Å². The van der Waals surface area contributed by atoms with Gasteiger partial charge in [0.2, 0.25) is 11.6 Å². The fraction of sp³-hybridized carbons (Fsp3) is 0.273. The molecule has 3 heteroatoms. The summed E-state index contributed by atoms with van der Waals surface area (Å²) in [6, 6.07) is 6.79. The first kappa shape index (κ1) is 11.1. The van der Waals surface area contributed by atoms with Gasteiger partial charge in [-0.25, -0.2) is 0 Å². The topological polar surface area (TPSA) is 34.1 Å². The first-order chi connectivity index (χ1) is 6.52. The van der Waals surface area contributed by atoms with Crippen LogP contribution in [0.5, 0.6) is 0 Å². The normalized spacial score (nSPS) is 10.3. The van der Waals surface area contributed by atoms with Gasteiger partial charge >= 0.3 is 0 Å². The van der Waals surface area contributed by atoms with E-state index in [0.29, 0.717) is 5.56 Å². The molecule has 0 heterocycles. The zero-order valence-electron chi connectivity index (χ0n) is 8.08. The minimum Gasteiger partial charge on any atom is -0.290 e. The molecule has 0 aliphatic rings. The number of benzene rings is 1. The highest BCUT2D eigenvalue weighted by atomic mass is 79.9. The van der Waals surface area contributed by atoms with E-state index in [4.69, 9.17) is 0 Å². The number of carbonyl (C=O) groups is 2. The maximum atomic E-state index is 11.5. The average molecular weight is 255 g/mol. The lowest BCUT2D eigenvalue weighted by Crippen LogP contribution is -2.19. The Balaban J connectivity index is 2.90. The number of Topliss-reactive ketones (excluding diaryl/α,β-unsaturated/α-hetero) is 2. The lowest BCUT2D eigenvalue weighted by atomic mass is 10.00. The molecule has 74 valence electrons. The lowest BCUT2D eigenvalue weighted by Gasteiger charge is -2.02. The minimum atomic E-state index is -0.410. The Kier molecular flexibility index (Phi) is 3.58. The molecule has 0 amide bonds. The highest BCUT2D eigenvalue weighted by Gasteiger charge is 2.18. The number of hydrogen-bond donors (Lipinski definition) is 0. The van der Waals surface area contributed by atoms with Crippen LogP contribution in [0.2, 0.25) is 0 Å². The molecular formula is C11H11BrO2. The molecule has 0 saturated heterocycles. The van der Waals surface area contributed by atoms with Gasteiger partial charge in [0.1, 0.15) is 0 Å².